The number of nitrogens with zero attached hydrogens (tertiary/aromatic N) is 3. The molecule has 0 aliphatic carbocycles. The van der Waals surface area contributed by atoms with E-state index in [1.807, 2.05) is 30.3 Å². The fourth-order valence-corrected chi connectivity index (χ4v) is 3.51. The molecule has 5 heteroatoms. The van der Waals surface area contributed by atoms with Crippen LogP contribution in [0.25, 0.3) is 11.3 Å². The van der Waals surface area contributed by atoms with Gasteiger partial charge in [-0.3, -0.25) is 9.78 Å². The van der Waals surface area contributed by atoms with Gasteiger partial charge in [0.1, 0.15) is 5.69 Å². The molecule has 2 aromatic carbocycles. The van der Waals surface area contributed by atoms with Crippen LogP contribution in [0.1, 0.15) is 35.4 Å². The first kappa shape index (κ1) is 18.2. The Hall–Kier alpha value is -3.21. The van der Waals surface area contributed by atoms with E-state index < -0.39 is 0 Å². The van der Waals surface area contributed by atoms with Crippen molar-refractivity contribution in [2.45, 2.75) is 26.2 Å². The van der Waals surface area contributed by atoms with Gasteiger partial charge in [-0.1, -0.05) is 30.3 Å². The minimum atomic E-state index is -0.247. The van der Waals surface area contributed by atoms with Crippen LogP contribution in [0.3, 0.4) is 0 Å². The Balaban J connectivity index is 1.55. The Morgan fingerprint density at radius 3 is 2.39 bits per heavy atom. The van der Waals surface area contributed by atoms with Gasteiger partial charge in [0, 0.05) is 30.0 Å². The number of nitrogens with one attached hydrogen (secondary N) is 1. The van der Waals surface area contributed by atoms with Gasteiger partial charge in [-0.15, -0.1) is 0 Å². The Morgan fingerprint density at radius 1 is 0.964 bits per heavy atom. The molecular weight excluding hydrogens is 348 g/mol. The molecule has 0 unspecified atom stereocenters. The van der Waals surface area contributed by atoms with Crippen molar-refractivity contribution >= 4 is 17.3 Å². The molecule has 4 rings (SSSR count). The zero-order chi connectivity index (χ0) is 19.3. The van der Waals surface area contributed by atoms with E-state index in [0.29, 0.717) is 17.1 Å². The van der Waals surface area contributed by atoms with Gasteiger partial charge in [-0.25, -0.2) is 4.98 Å². The lowest BCUT2D eigenvalue weighted by Crippen LogP contribution is -2.29. The monoisotopic (exact) mass is 372 g/mol. The number of piperidine rings is 1. The molecule has 142 valence electrons. The number of benzene rings is 2. The molecule has 28 heavy (non-hydrogen) atoms. The molecule has 1 saturated heterocycles. The van der Waals surface area contributed by atoms with E-state index in [1.165, 1.54) is 24.9 Å². The van der Waals surface area contributed by atoms with Gasteiger partial charge in [0.05, 0.1) is 17.6 Å². The Bertz CT molecular complexity index is 948. The van der Waals surface area contributed by atoms with Crippen molar-refractivity contribution in [1.82, 2.24) is 9.97 Å². The number of anilines is 2. The highest BCUT2D eigenvalue weighted by Crippen LogP contribution is 2.24. The van der Waals surface area contributed by atoms with Crippen molar-refractivity contribution in [3.05, 3.63) is 72.2 Å². The Morgan fingerprint density at radius 2 is 1.68 bits per heavy atom. The van der Waals surface area contributed by atoms with E-state index in [0.717, 1.165) is 24.3 Å². The number of amides is 1. The number of rotatable bonds is 4. The van der Waals surface area contributed by atoms with Crippen LogP contribution in [0.4, 0.5) is 11.4 Å². The van der Waals surface area contributed by atoms with E-state index in [4.69, 9.17) is 0 Å². The maximum atomic E-state index is 12.7. The number of hydrogen-bond acceptors (Lipinski definition) is 4. The third-order valence-electron chi connectivity index (χ3n) is 5.09. The maximum absolute atomic E-state index is 12.7. The average molecular weight is 372 g/mol. The number of aromatic nitrogens is 2. The number of para-hydroxylation sites is 1. The molecule has 1 aromatic heterocycles. The van der Waals surface area contributed by atoms with Gasteiger partial charge in [0.25, 0.3) is 5.91 Å². The van der Waals surface area contributed by atoms with Gasteiger partial charge in [-0.05, 0) is 50.5 Å². The normalized spacial score (nSPS) is 14.0. The molecule has 1 N–H and O–H groups in total. The van der Waals surface area contributed by atoms with Crippen LogP contribution in [-0.2, 0) is 0 Å². The molecule has 0 spiro atoms. The molecule has 0 saturated carbocycles. The van der Waals surface area contributed by atoms with E-state index in [-0.39, 0.29) is 5.91 Å². The van der Waals surface area contributed by atoms with Gasteiger partial charge in [-0.2, -0.15) is 0 Å². The summed E-state index contributed by atoms with van der Waals surface area (Å²) < 4.78 is 0. The van der Waals surface area contributed by atoms with Crippen LogP contribution < -0.4 is 10.2 Å². The molecule has 1 fully saturated rings. The van der Waals surface area contributed by atoms with Crippen molar-refractivity contribution in [2.75, 3.05) is 23.3 Å². The summed E-state index contributed by atoms with van der Waals surface area (Å²) in [4.78, 5) is 24.1. The molecule has 3 aromatic rings. The summed E-state index contributed by atoms with van der Waals surface area (Å²) in [5.41, 5.74) is 4.61. The standard InChI is InChI=1S/C23H24N4O/c1-17-22(23(28)25-19-8-4-2-5-9-19)26-21(16-24-17)18-10-12-20(13-11-18)27-14-6-3-7-15-27/h2,4-5,8-13,16H,3,6-7,14-15H2,1H3,(H,25,28). The zero-order valence-electron chi connectivity index (χ0n) is 16.1. The lowest BCUT2D eigenvalue weighted by atomic mass is 10.1. The van der Waals surface area contributed by atoms with Gasteiger partial charge >= 0.3 is 0 Å². The lowest BCUT2D eigenvalue weighted by Gasteiger charge is -2.28. The zero-order valence-corrected chi connectivity index (χ0v) is 16.1. The summed E-state index contributed by atoms with van der Waals surface area (Å²) in [6.07, 6.45) is 5.56. The van der Waals surface area contributed by atoms with E-state index in [2.05, 4.69) is 44.5 Å². The topological polar surface area (TPSA) is 58.1 Å². The second-order valence-electron chi connectivity index (χ2n) is 7.10. The minimum Gasteiger partial charge on any atom is -0.372 e. The second-order valence-corrected chi connectivity index (χ2v) is 7.10. The smallest absolute Gasteiger partial charge is 0.276 e. The molecule has 5 nitrogen and oxygen atoms in total. The van der Waals surface area contributed by atoms with E-state index in [9.17, 15) is 4.79 Å². The third kappa shape index (κ3) is 4.03. The first-order chi connectivity index (χ1) is 13.7. The summed E-state index contributed by atoms with van der Waals surface area (Å²) in [5, 5.41) is 2.88. The molecule has 1 amide bonds. The van der Waals surface area contributed by atoms with Crippen LogP contribution in [0, 0.1) is 6.92 Å². The molecule has 2 heterocycles. The molecule has 0 bridgehead atoms. The first-order valence-corrected chi connectivity index (χ1v) is 9.76. The van der Waals surface area contributed by atoms with Crippen molar-refractivity contribution < 1.29 is 4.79 Å². The van der Waals surface area contributed by atoms with Crippen LogP contribution in [0.5, 0.6) is 0 Å². The van der Waals surface area contributed by atoms with Gasteiger partial charge in [0.2, 0.25) is 0 Å². The van der Waals surface area contributed by atoms with Crippen molar-refractivity contribution in [2.24, 2.45) is 0 Å². The fourth-order valence-electron chi connectivity index (χ4n) is 3.51. The van der Waals surface area contributed by atoms with Crippen LogP contribution >= 0.6 is 0 Å². The largest absolute Gasteiger partial charge is 0.372 e. The molecule has 1 aliphatic heterocycles. The van der Waals surface area contributed by atoms with Gasteiger partial charge < -0.3 is 10.2 Å². The summed E-state index contributed by atoms with van der Waals surface area (Å²) in [6, 6.07) is 17.8. The van der Waals surface area contributed by atoms with Crippen molar-refractivity contribution in [3.8, 4) is 11.3 Å². The summed E-state index contributed by atoms with van der Waals surface area (Å²) >= 11 is 0. The highest BCUT2D eigenvalue weighted by atomic mass is 16.1. The molecule has 0 atom stereocenters. The number of hydrogen-bond donors (Lipinski definition) is 1. The Labute approximate surface area is 165 Å². The van der Waals surface area contributed by atoms with Gasteiger partial charge in [0.15, 0.2) is 0 Å². The average Bonchev–Trinajstić information content (AvgIpc) is 2.75. The maximum Gasteiger partial charge on any atom is 0.276 e. The lowest BCUT2D eigenvalue weighted by molar-refractivity contribution is 0.102. The quantitative estimate of drug-likeness (QED) is 0.721. The molecular formula is C23H24N4O. The van der Waals surface area contributed by atoms with Crippen LogP contribution in [0.2, 0.25) is 0 Å². The summed E-state index contributed by atoms with van der Waals surface area (Å²) in [6.45, 7) is 4.04. The highest BCUT2D eigenvalue weighted by molar-refractivity contribution is 6.03. The Kier molecular flexibility index (Phi) is 5.33. The summed E-state index contributed by atoms with van der Waals surface area (Å²) in [7, 11) is 0. The highest BCUT2D eigenvalue weighted by Gasteiger charge is 2.15. The SMILES string of the molecule is Cc1ncc(-c2ccc(N3CCCCC3)cc2)nc1C(=O)Nc1ccccc1. The minimum absolute atomic E-state index is 0.247. The predicted molar refractivity (Wildman–Crippen MR) is 113 cm³/mol. The van der Waals surface area contributed by atoms with Crippen molar-refractivity contribution in [1.29, 1.82) is 0 Å². The predicted octanol–water partition coefficient (Wildman–Crippen LogP) is 4.69. The summed E-state index contributed by atoms with van der Waals surface area (Å²) in [5.74, 6) is -0.247. The molecule has 0 radical (unpaired) electrons. The van der Waals surface area contributed by atoms with Crippen molar-refractivity contribution in [3.63, 3.8) is 0 Å². The van der Waals surface area contributed by atoms with Crippen LogP contribution in [0.15, 0.2) is 60.8 Å². The van der Waals surface area contributed by atoms with Crippen LogP contribution in [-0.4, -0.2) is 29.0 Å². The second kappa shape index (κ2) is 8.21. The van der Waals surface area contributed by atoms with E-state index in [1.54, 1.807) is 13.1 Å². The third-order valence-corrected chi connectivity index (χ3v) is 5.09. The van der Waals surface area contributed by atoms with E-state index >= 15 is 0 Å². The number of carbonyl (C=O) groups excluding carboxylic acids is 1. The number of aryl methyl sites for hydroxylation is 1. The number of carbonyl (C=O) groups is 1. The first-order valence-electron chi connectivity index (χ1n) is 9.76. The molecule has 1 aliphatic rings. The fraction of sp³-hybridized carbons (Fsp3) is 0.261.